The minimum absolute atomic E-state index is 0.273. The molecular formula is C26H30N6O2. The lowest BCUT2D eigenvalue weighted by molar-refractivity contribution is 0.473. The first-order valence-electron chi connectivity index (χ1n) is 11.0. The van der Waals surface area contributed by atoms with Gasteiger partial charge in [-0.05, 0) is 49.2 Å². The van der Waals surface area contributed by atoms with Crippen LogP contribution >= 0.6 is 0 Å². The predicted octanol–water partition coefficient (Wildman–Crippen LogP) is 4.17. The van der Waals surface area contributed by atoms with E-state index in [0.717, 1.165) is 46.5 Å². The van der Waals surface area contributed by atoms with Crippen LogP contribution < -0.4 is 0 Å². The molecule has 0 aliphatic carbocycles. The molecule has 0 bridgehead atoms. The van der Waals surface area contributed by atoms with Gasteiger partial charge in [-0.15, -0.1) is 0 Å². The highest BCUT2D eigenvalue weighted by Crippen LogP contribution is 2.17. The number of phenols is 2. The highest BCUT2D eigenvalue weighted by Gasteiger charge is 1.98. The van der Waals surface area contributed by atoms with Gasteiger partial charge in [-0.1, -0.05) is 12.1 Å². The molecule has 34 heavy (non-hydrogen) atoms. The molecule has 0 unspecified atom stereocenters. The van der Waals surface area contributed by atoms with E-state index in [2.05, 4.69) is 29.9 Å². The van der Waals surface area contributed by atoms with Crippen molar-refractivity contribution in [2.75, 3.05) is 13.1 Å². The molecule has 2 aromatic heterocycles. The lowest BCUT2D eigenvalue weighted by Crippen LogP contribution is -1.91. The molecule has 4 aromatic rings. The first-order chi connectivity index (χ1) is 16.5. The van der Waals surface area contributed by atoms with Crippen molar-refractivity contribution in [3.63, 3.8) is 0 Å². The van der Waals surface area contributed by atoms with Crippen molar-refractivity contribution >= 4 is 12.4 Å². The largest absolute Gasteiger partial charge is 0.507 e. The Morgan fingerprint density at radius 2 is 1.18 bits per heavy atom. The maximum atomic E-state index is 9.67. The number of aromatic amines is 2. The molecule has 176 valence electrons. The highest BCUT2D eigenvalue weighted by molar-refractivity contribution is 5.84. The van der Waals surface area contributed by atoms with Crippen LogP contribution in [0.3, 0.4) is 0 Å². The zero-order valence-electron chi connectivity index (χ0n) is 19.4. The van der Waals surface area contributed by atoms with E-state index < -0.39 is 0 Å². The Labute approximate surface area is 199 Å². The smallest absolute Gasteiger partial charge is 0.124 e. The number of phenolic OH excluding ortho intramolecular Hbond substituents is 2. The fraction of sp³-hybridized carbons (Fsp3) is 0.231. The maximum Gasteiger partial charge on any atom is 0.124 e. The lowest BCUT2D eigenvalue weighted by Gasteiger charge is -1.99. The molecule has 0 spiro atoms. The average molecular weight is 459 g/mol. The molecule has 4 rings (SSSR count). The van der Waals surface area contributed by atoms with Gasteiger partial charge in [-0.2, -0.15) is 0 Å². The minimum atomic E-state index is 0.273. The number of hydrogen-bond acceptors (Lipinski definition) is 6. The molecule has 8 nitrogen and oxygen atoms in total. The first kappa shape index (κ1) is 24.4. The molecule has 2 heterocycles. The second kappa shape index (κ2) is 12.7. The molecule has 0 aliphatic rings. The summed E-state index contributed by atoms with van der Waals surface area (Å²) in [5, 5.41) is 19.3. The Kier molecular flexibility index (Phi) is 9.16. The molecule has 0 fully saturated rings. The van der Waals surface area contributed by atoms with Crippen LogP contribution in [-0.4, -0.2) is 55.7 Å². The third-order valence-electron chi connectivity index (χ3n) is 4.96. The Balaban J connectivity index is 0.000000191. The van der Waals surface area contributed by atoms with Gasteiger partial charge in [-0.3, -0.25) is 9.98 Å². The maximum absolute atomic E-state index is 9.67. The SMILES string of the molecule is Cc1ccc(C=NCCc2cnc[nH]2)c(O)c1.Cc1ccc(C=NCCc2cnc[nH]2)c(O)c1. The van der Waals surface area contributed by atoms with Gasteiger partial charge in [0, 0.05) is 73.3 Å². The molecule has 0 aliphatic heterocycles. The van der Waals surface area contributed by atoms with Gasteiger partial charge in [0.05, 0.1) is 12.7 Å². The van der Waals surface area contributed by atoms with E-state index in [1.54, 1.807) is 49.6 Å². The summed E-state index contributed by atoms with van der Waals surface area (Å²) >= 11 is 0. The summed E-state index contributed by atoms with van der Waals surface area (Å²) in [7, 11) is 0. The highest BCUT2D eigenvalue weighted by atomic mass is 16.3. The number of aliphatic imine (C=N–C) groups is 2. The van der Waals surface area contributed by atoms with Gasteiger partial charge < -0.3 is 20.2 Å². The molecule has 0 saturated heterocycles. The van der Waals surface area contributed by atoms with Crippen LogP contribution in [0.15, 0.2) is 71.4 Å². The lowest BCUT2D eigenvalue weighted by atomic mass is 10.1. The van der Waals surface area contributed by atoms with E-state index >= 15 is 0 Å². The van der Waals surface area contributed by atoms with Crippen molar-refractivity contribution in [3.8, 4) is 11.5 Å². The van der Waals surface area contributed by atoms with Crippen LogP contribution in [0.25, 0.3) is 0 Å². The summed E-state index contributed by atoms with van der Waals surface area (Å²) in [6.07, 6.45) is 11.9. The summed E-state index contributed by atoms with van der Waals surface area (Å²) in [5.41, 5.74) is 5.71. The van der Waals surface area contributed by atoms with Crippen molar-refractivity contribution in [3.05, 3.63) is 95.1 Å². The average Bonchev–Trinajstić information content (AvgIpc) is 3.52. The number of benzene rings is 2. The van der Waals surface area contributed by atoms with E-state index in [1.807, 2.05) is 38.1 Å². The number of H-pyrrole nitrogens is 2. The van der Waals surface area contributed by atoms with Crippen molar-refractivity contribution in [2.24, 2.45) is 9.98 Å². The van der Waals surface area contributed by atoms with Crippen molar-refractivity contribution in [1.29, 1.82) is 0 Å². The zero-order chi connectivity index (χ0) is 24.2. The number of aryl methyl sites for hydroxylation is 2. The topological polar surface area (TPSA) is 123 Å². The zero-order valence-corrected chi connectivity index (χ0v) is 19.4. The second-order valence-corrected chi connectivity index (χ2v) is 7.85. The molecule has 0 radical (unpaired) electrons. The first-order valence-corrected chi connectivity index (χ1v) is 11.0. The van der Waals surface area contributed by atoms with Crippen molar-refractivity contribution < 1.29 is 10.2 Å². The number of aromatic nitrogens is 4. The fourth-order valence-corrected chi connectivity index (χ4v) is 3.06. The number of nitrogens with one attached hydrogen (secondary N) is 2. The number of rotatable bonds is 8. The van der Waals surface area contributed by atoms with Crippen molar-refractivity contribution in [1.82, 2.24) is 19.9 Å². The molecule has 2 aromatic carbocycles. The third-order valence-corrected chi connectivity index (χ3v) is 4.96. The number of aromatic hydroxyl groups is 2. The van der Waals surface area contributed by atoms with Gasteiger partial charge in [-0.25, -0.2) is 9.97 Å². The molecule has 8 heteroatoms. The Bertz CT molecular complexity index is 1100. The number of hydrogen-bond donors (Lipinski definition) is 4. The van der Waals surface area contributed by atoms with E-state index in [9.17, 15) is 10.2 Å². The van der Waals surface area contributed by atoms with Crippen LogP contribution in [0.1, 0.15) is 33.6 Å². The second-order valence-electron chi connectivity index (χ2n) is 7.85. The van der Waals surface area contributed by atoms with Gasteiger partial charge >= 0.3 is 0 Å². The van der Waals surface area contributed by atoms with E-state index in [1.165, 1.54) is 0 Å². The van der Waals surface area contributed by atoms with Crippen LogP contribution in [0, 0.1) is 13.8 Å². The van der Waals surface area contributed by atoms with Crippen LogP contribution in [0.5, 0.6) is 11.5 Å². The van der Waals surface area contributed by atoms with Crippen LogP contribution in [0.4, 0.5) is 0 Å². The predicted molar refractivity (Wildman–Crippen MR) is 135 cm³/mol. The normalized spacial score (nSPS) is 11.1. The summed E-state index contributed by atoms with van der Waals surface area (Å²) in [6.45, 7) is 5.24. The van der Waals surface area contributed by atoms with Crippen LogP contribution in [-0.2, 0) is 12.8 Å². The summed E-state index contributed by atoms with van der Waals surface area (Å²) < 4.78 is 0. The van der Waals surface area contributed by atoms with E-state index in [-0.39, 0.29) is 11.5 Å². The monoisotopic (exact) mass is 458 g/mol. The van der Waals surface area contributed by atoms with E-state index in [0.29, 0.717) is 13.1 Å². The molecule has 0 atom stereocenters. The standard InChI is InChI=1S/2C13H15N3O/c2*1-10-2-3-11(13(17)6-10)7-14-5-4-12-8-15-9-16-12/h2*2-3,6-9,17H,4-5H2,1H3,(H,15,16). The summed E-state index contributed by atoms with van der Waals surface area (Å²) in [6, 6.07) is 11.1. The van der Waals surface area contributed by atoms with E-state index in [4.69, 9.17) is 0 Å². The molecular weight excluding hydrogens is 428 g/mol. The Morgan fingerprint density at radius 1 is 0.735 bits per heavy atom. The van der Waals surface area contributed by atoms with Gasteiger partial charge in [0.1, 0.15) is 11.5 Å². The molecule has 4 N–H and O–H groups in total. The quantitative estimate of drug-likeness (QED) is 0.296. The summed E-state index contributed by atoms with van der Waals surface area (Å²) in [4.78, 5) is 22.5. The minimum Gasteiger partial charge on any atom is -0.507 e. The number of imidazole rings is 2. The molecule has 0 amide bonds. The van der Waals surface area contributed by atoms with Crippen molar-refractivity contribution in [2.45, 2.75) is 26.7 Å². The van der Waals surface area contributed by atoms with Gasteiger partial charge in [0.2, 0.25) is 0 Å². The third kappa shape index (κ3) is 8.05. The van der Waals surface area contributed by atoms with Crippen LogP contribution in [0.2, 0.25) is 0 Å². The fourth-order valence-electron chi connectivity index (χ4n) is 3.06. The summed E-state index contributed by atoms with van der Waals surface area (Å²) in [5.74, 6) is 0.547. The molecule has 0 saturated carbocycles. The Hall–Kier alpha value is -4.20. The van der Waals surface area contributed by atoms with Gasteiger partial charge in [0.25, 0.3) is 0 Å². The number of nitrogens with zero attached hydrogens (tertiary/aromatic N) is 4. The Morgan fingerprint density at radius 3 is 1.53 bits per heavy atom. The van der Waals surface area contributed by atoms with Gasteiger partial charge in [0.15, 0.2) is 0 Å².